The monoisotopic (exact) mass is 287 g/mol. The molecule has 5 nitrogen and oxygen atoms in total. The van der Waals surface area contributed by atoms with Crippen LogP contribution in [0.1, 0.15) is 38.4 Å². The van der Waals surface area contributed by atoms with E-state index in [0.717, 1.165) is 43.1 Å². The third-order valence-electron chi connectivity index (χ3n) is 3.60. The molecule has 0 saturated carbocycles. The minimum absolute atomic E-state index is 0.147. The van der Waals surface area contributed by atoms with E-state index in [1.54, 1.807) is 0 Å². The van der Waals surface area contributed by atoms with Crippen molar-refractivity contribution in [3.05, 3.63) is 30.1 Å². The average Bonchev–Trinajstić information content (AvgIpc) is 2.98. The Morgan fingerprint density at radius 2 is 2.10 bits per heavy atom. The quantitative estimate of drug-likeness (QED) is 0.936. The largest absolute Gasteiger partial charge is 0.491 e. The molecule has 1 saturated heterocycles. The summed E-state index contributed by atoms with van der Waals surface area (Å²) in [4.78, 5) is 4.56. The van der Waals surface area contributed by atoms with Gasteiger partial charge in [-0.15, -0.1) is 0 Å². The number of ether oxygens (including phenoxy) is 1. The summed E-state index contributed by atoms with van der Waals surface area (Å²) in [5, 5.41) is 7.50. The molecule has 5 heteroatoms. The molecular formula is C16H21N3O2. The van der Waals surface area contributed by atoms with Crippen LogP contribution in [0.25, 0.3) is 11.5 Å². The molecular weight excluding hydrogens is 266 g/mol. The van der Waals surface area contributed by atoms with E-state index in [1.165, 1.54) is 0 Å². The highest BCUT2D eigenvalue weighted by Crippen LogP contribution is 2.27. The molecule has 0 atom stereocenters. The summed E-state index contributed by atoms with van der Waals surface area (Å²) in [5.74, 6) is 2.61. The predicted octanol–water partition coefficient (Wildman–Crippen LogP) is 2.99. The molecule has 2 aromatic rings. The number of rotatable bonds is 4. The van der Waals surface area contributed by atoms with Gasteiger partial charge in [-0.2, -0.15) is 4.98 Å². The molecule has 1 aliphatic heterocycles. The van der Waals surface area contributed by atoms with Gasteiger partial charge in [0, 0.05) is 11.5 Å². The average molecular weight is 287 g/mol. The Kier molecular flexibility index (Phi) is 4.20. The van der Waals surface area contributed by atoms with Crippen LogP contribution >= 0.6 is 0 Å². The van der Waals surface area contributed by atoms with E-state index >= 15 is 0 Å². The van der Waals surface area contributed by atoms with E-state index in [9.17, 15) is 0 Å². The topological polar surface area (TPSA) is 60.2 Å². The molecule has 0 amide bonds. The number of piperidine rings is 1. The Morgan fingerprint density at radius 3 is 2.86 bits per heavy atom. The standard InChI is InChI=1S/C16H21N3O2/c1-11(2)20-14-5-3-4-13(10-14)16-18-15(19-21-16)12-6-8-17-9-7-12/h3-5,10-12,17H,6-9H2,1-2H3. The number of hydrogen-bond donors (Lipinski definition) is 1. The lowest BCUT2D eigenvalue weighted by Gasteiger charge is -2.18. The Labute approximate surface area is 124 Å². The molecule has 1 N–H and O–H groups in total. The maximum atomic E-state index is 5.70. The zero-order valence-corrected chi connectivity index (χ0v) is 12.5. The predicted molar refractivity (Wildman–Crippen MR) is 80.3 cm³/mol. The second-order valence-electron chi connectivity index (χ2n) is 5.68. The Morgan fingerprint density at radius 1 is 1.29 bits per heavy atom. The molecule has 2 heterocycles. The van der Waals surface area contributed by atoms with Crippen molar-refractivity contribution >= 4 is 0 Å². The number of nitrogens with one attached hydrogen (secondary N) is 1. The van der Waals surface area contributed by atoms with Crippen LogP contribution in [0.5, 0.6) is 5.75 Å². The van der Waals surface area contributed by atoms with Gasteiger partial charge in [0.15, 0.2) is 5.82 Å². The summed E-state index contributed by atoms with van der Waals surface area (Å²) >= 11 is 0. The third kappa shape index (κ3) is 3.42. The minimum Gasteiger partial charge on any atom is -0.491 e. The van der Waals surface area contributed by atoms with Crippen LogP contribution in [0.3, 0.4) is 0 Å². The van der Waals surface area contributed by atoms with Crippen molar-refractivity contribution in [1.29, 1.82) is 0 Å². The Bertz CT molecular complexity index is 589. The van der Waals surface area contributed by atoms with Gasteiger partial charge < -0.3 is 14.6 Å². The molecule has 0 radical (unpaired) electrons. The van der Waals surface area contributed by atoms with Crippen molar-refractivity contribution in [2.24, 2.45) is 0 Å². The first-order valence-corrected chi connectivity index (χ1v) is 7.54. The molecule has 0 unspecified atom stereocenters. The molecule has 1 aromatic carbocycles. The maximum absolute atomic E-state index is 5.70. The van der Waals surface area contributed by atoms with Crippen molar-refractivity contribution in [2.45, 2.75) is 38.7 Å². The lowest BCUT2D eigenvalue weighted by molar-refractivity contribution is 0.242. The van der Waals surface area contributed by atoms with Crippen molar-refractivity contribution in [2.75, 3.05) is 13.1 Å². The van der Waals surface area contributed by atoms with Crippen LogP contribution in [-0.4, -0.2) is 29.3 Å². The van der Waals surface area contributed by atoms with Crippen LogP contribution < -0.4 is 10.1 Å². The van der Waals surface area contributed by atoms with E-state index in [2.05, 4.69) is 15.5 Å². The SMILES string of the molecule is CC(C)Oc1cccc(-c2nc(C3CCNCC3)no2)c1. The van der Waals surface area contributed by atoms with Gasteiger partial charge in [-0.3, -0.25) is 0 Å². The van der Waals surface area contributed by atoms with E-state index in [4.69, 9.17) is 9.26 Å². The molecule has 0 bridgehead atoms. The number of nitrogens with zero attached hydrogens (tertiary/aromatic N) is 2. The van der Waals surface area contributed by atoms with Gasteiger partial charge in [-0.25, -0.2) is 0 Å². The van der Waals surface area contributed by atoms with Gasteiger partial charge in [0.1, 0.15) is 5.75 Å². The summed E-state index contributed by atoms with van der Waals surface area (Å²) < 4.78 is 11.1. The number of hydrogen-bond acceptors (Lipinski definition) is 5. The van der Waals surface area contributed by atoms with Crippen LogP contribution in [0.15, 0.2) is 28.8 Å². The highest BCUT2D eigenvalue weighted by Gasteiger charge is 2.21. The smallest absolute Gasteiger partial charge is 0.258 e. The zero-order chi connectivity index (χ0) is 14.7. The van der Waals surface area contributed by atoms with E-state index in [-0.39, 0.29) is 6.10 Å². The highest BCUT2D eigenvalue weighted by molar-refractivity contribution is 5.55. The van der Waals surface area contributed by atoms with E-state index < -0.39 is 0 Å². The van der Waals surface area contributed by atoms with Crippen molar-refractivity contribution in [3.8, 4) is 17.2 Å². The lowest BCUT2D eigenvalue weighted by Crippen LogP contribution is -2.27. The fraction of sp³-hybridized carbons (Fsp3) is 0.500. The van der Waals surface area contributed by atoms with Gasteiger partial charge in [-0.05, 0) is 58.0 Å². The molecule has 0 spiro atoms. The summed E-state index contributed by atoms with van der Waals surface area (Å²) in [5.41, 5.74) is 0.904. The zero-order valence-electron chi connectivity index (χ0n) is 12.5. The van der Waals surface area contributed by atoms with Gasteiger partial charge in [0.25, 0.3) is 5.89 Å². The van der Waals surface area contributed by atoms with Crippen LogP contribution in [0.2, 0.25) is 0 Å². The molecule has 112 valence electrons. The normalized spacial score (nSPS) is 16.3. The van der Waals surface area contributed by atoms with Crippen LogP contribution in [0, 0.1) is 0 Å². The van der Waals surface area contributed by atoms with Gasteiger partial charge in [0.2, 0.25) is 0 Å². The van der Waals surface area contributed by atoms with Crippen molar-refractivity contribution in [1.82, 2.24) is 15.5 Å². The van der Waals surface area contributed by atoms with Crippen molar-refractivity contribution in [3.63, 3.8) is 0 Å². The molecule has 0 aliphatic carbocycles. The van der Waals surface area contributed by atoms with Crippen LogP contribution in [0.4, 0.5) is 0 Å². The van der Waals surface area contributed by atoms with Gasteiger partial charge in [-0.1, -0.05) is 11.2 Å². The van der Waals surface area contributed by atoms with Gasteiger partial charge in [0.05, 0.1) is 6.10 Å². The Balaban J connectivity index is 1.79. The van der Waals surface area contributed by atoms with Gasteiger partial charge >= 0.3 is 0 Å². The summed E-state index contributed by atoms with van der Waals surface area (Å²) in [6.07, 6.45) is 2.28. The second kappa shape index (κ2) is 6.26. The minimum atomic E-state index is 0.147. The molecule has 1 fully saturated rings. The second-order valence-corrected chi connectivity index (χ2v) is 5.68. The molecule has 3 rings (SSSR count). The number of benzene rings is 1. The summed E-state index contributed by atoms with van der Waals surface area (Å²) in [6, 6.07) is 7.79. The maximum Gasteiger partial charge on any atom is 0.258 e. The first-order chi connectivity index (χ1) is 10.2. The fourth-order valence-electron chi connectivity index (χ4n) is 2.57. The first kappa shape index (κ1) is 14.1. The van der Waals surface area contributed by atoms with Crippen molar-refractivity contribution < 1.29 is 9.26 Å². The van der Waals surface area contributed by atoms with E-state index in [1.807, 2.05) is 38.1 Å². The Hall–Kier alpha value is -1.88. The summed E-state index contributed by atoms with van der Waals surface area (Å²) in [6.45, 7) is 6.06. The fourth-order valence-corrected chi connectivity index (χ4v) is 2.57. The van der Waals surface area contributed by atoms with Crippen LogP contribution in [-0.2, 0) is 0 Å². The lowest BCUT2D eigenvalue weighted by atomic mass is 9.98. The molecule has 21 heavy (non-hydrogen) atoms. The first-order valence-electron chi connectivity index (χ1n) is 7.54. The molecule has 1 aliphatic rings. The highest BCUT2D eigenvalue weighted by atomic mass is 16.5. The molecule has 1 aromatic heterocycles. The van der Waals surface area contributed by atoms with E-state index in [0.29, 0.717) is 11.8 Å². The summed E-state index contributed by atoms with van der Waals surface area (Å²) in [7, 11) is 0. The number of aromatic nitrogens is 2. The third-order valence-corrected chi connectivity index (χ3v) is 3.60.